The monoisotopic (exact) mass is 500 g/mol. The minimum Gasteiger partial charge on any atom is -0.469 e. The first-order valence-electron chi connectivity index (χ1n) is 10.4. The van der Waals surface area contributed by atoms with Crippen molar-refractivity contribution in [2.24, 2.45) is 5.41 Å². The molecule has 0 aromatic carbocycles. The zero-order valence-corrected chi connectivity index (χ0v) is 21.5. The van der Waals surface area contributed by atoms with Gasteiger partial charge >= 0.3 is 25.6 Å². The van der Waals surface area contributed by atoms with Gasteiger partial charge < -0.3 is 24.8 Å². The molecule has 33 heavy (non-hydrogen) atoms. The molecule has 0 fully saturated rings. The number of ether oxygens (including phenoxy) is 3. The van der Waals surface area contributed by atoms with Gasteiger partial charge in [0.15, 0.2) is 6.10 Å². The average molecular weight is 501 g/mol. The molecule has 0 heterocycles. The van der Waals surface area contributed by atoms with Crippen LogP contribution >= 0.6 is 7.60 Å². The standard InChI is InChI=1S/C20H37N2O10P.2H2/c1-9-19(3,4)16(17(25)21-11-10-15(24)28-7)32-33(8,27)31-13-30-18(26)22-20(5,6)12-29-14(2)23;;/h16H,9-13H2,1-8H3,(H,21,25)(H,22,26);2*1H/t16-,33?;;/m0../s1. The predicted molar refractivity (Wildman–Crippen MR) is 123 cm³/mol. The molecular weight excluding hydrogens is 459 g/mol. The molecule has 0 aliphatic heterocycles. The van der Waals surface area contributed by atoms with E-state index in [0.717, 1.165) is 6.66 Å². The Balaban J connectivity index is -0.00000512. The highest BCUT2D eigenvalue weighted by Crippen LogP contribution is 2.48. The quantitative estimate of drug-likeness (QED) is 0.157. The molecule has 0 spiro atoms. The summed E-state index contributed by atoms with van der Waals surface area (Å²) in [5.74, 6) is -1.55. The Labute approximate surface area is 197 Å². The molecule has 2 atom stereocenters. The molecule has 0 saturated carbocycles. The molecule has 0 bridgehead atoms. The van der Waals surface area contributed by atoms with Crippen LogP contribution < -0.4 is 10.6 Å². The van der Waals surface area contributed by atoms with Gasteiger partial charge in [-0.3, -0.25) is 28.0 Å². The maximum atomic E-state index is 12.8. The number of hydrogen-bond acceptors (Lipinski definition) is 10. The van der Waals surface area contributed by atoms with Crippen molar-refractivity contribution in [1.82, 2.24) is 10.6 Å². The van der Waals surface area contributed by atoms with Crippen LogP contribution in [0.2, 0.25) is 0 Å². The van der Waals surface area contributed by atoms with E-state index in [1.54, 1.807) is 27.7 Å². The zero-order valence-electron chi connectivity index (χ0n) is 20.6. The molecule has 196 valence electrons. The van der Waals surface area contributed by atoms with Crippen molar-refractivity contribution >= 4 is 31.5 Å². The lowest BCUT2D eigenvalue weighted by Gasteiger charge is -2.33. The highest BCUT2D eigenvalue weighted by atomic mass is 31.2. The van der Waals surface area contributed by atoms with Gasteiger partial charge in [-0.2, -0.15) is 0 Å². The molecule has 0 radical (unpaired) electrons. The maximum Gasteiger partial charge on any atom is 0.409 e. The van der Waals surface area contributed by atoms with Gasteiger partial charge in [-0.1, -0.05) is 20.8 Å². The number of nitrogens with one attached hydrogen (secondary N) is 2. The molecule has 0 aliphatic rings. The van der Waals surface area contributed by atoms with E-state index in [1.165, 1.54) is 14.0 Å². The second-order valence-electron chi connectivity index (χ2n) is 8.68. The number of carbonyl (C=O) groups excluding carboxylic acids is 4. The third kappa shape index (κ3) is 13.2. The fourth-order valence-corrected chi connectivity index (χ4v) is 3.31. The molecule has 13 heteroatoms. The second kappa shape index (κ2) is 13.5. The van der Waals surface area contributed by atoms with E-state index in [2.05, 4.69) is 15.4 Å². The van der Waals surface area contributed by atoms with Crippen molar-refractivity contribution in [2.75, 3.05) is 33.7 Å². The predicted octanol–water partition coefficient (Wildman–Crippen LogP) is 2.84. The highest BCUT2D eigenvalue weighted by molar-refractivity contribution is 7.53. The van der Waals surface area contributed by atoms with E-state index in [-0.39, 0.29) is 22.4 Å². The van der Waals surface area contributed by atoms with Crippen LogP contribution in [0.15, 0.2) is 0 Å². The Morgan fingerprint density at radius 1 is 1.09 bits per heavy atom. The van der Waals surface area contributed by atoms with Gasteiger partial charge in [-0.25, -0.2) is 4.79 Å². The van der Waals surface area contributed by atoms with Gasteiger partial charge in [-0.15, -0.1) is 0 Å². The van der Waals surface area contributed by atoms with Crippen LogP contribution in [0.5, 0.6) is 0 Å². The third-order valence-corrected chi connectivity index (χ3v) is 5.73. The Bertz CT molecular complexity index is 749. The van der Waals surface area contributed by atoms with Crippen LogP contribution in [0.25, 0.3) is 0 Å². The lowest BCUT2D eigenvalue weighted by molar-refractivity contribution is -0.143. The summed E-state index contributed by atoms with van der Waals surface area (Å²) < 4.78 is 37.7. The smallest absolute Gasteiger partial charge is 0.409 e. The maximum absolute atomic E-state index is 12.8. The van der Waals surface area contributed by atoms with Gasteiger partial charge in [-0.05, 0) is 20.3 Å². The molecule has 0 rings (SSSR count). The van der Waals surface area contributed by atoms with Crippen LogP contribution in [0.3, 0.4) is 0 Å². The van der Waals surface area contributed by atoms with Crippen LogP contribution in [0.1, 0.15) is 57.2 Å². The van der Waals surface area contributed by atoms with Crippen molar-refractivity contribution in [3.05, 3.63) is 0 Å². The lowest BCUT2D eigenvalue weighted by atomic mass is 9.83. The molecule has 0 aromatic rings. The summed E-state index contributed by atoms with van der Waals surface area (Å²) in [4.78, 5) is 46.7. The molecule has 1 unspecified atom stereocenters. The molecule has 0 aromatic heterocycles. The SMILES string of the molecule is CCC(C)(C)[C@@H](OP(C)(=O)OCOC(=O)NC(C)(C)COC(C)=O)C(=O)NCCC(=O)OC.[HH].[HH]. The van der Waals surface area contributed by atoms with Gasteiger partial charge in [0.25, 0.3) is 0 Å². The van der Waals surface area contributed by atoms with E-state index >= 15 is 0 Å². The number of rotatable bonds is 14. The lowest BCUT2D eigenvalue weighted by Crippen LogP contribution is -2.47. The van der Waals surface area contributed by atoms with Gasteiger partial charge in [0.05, 0.1) is 19.1 Å². The van der Waals surface area contributed by atoms with Crippen molar-refractivity contribution in [1.29, 1.82) is 0 Å². The van der Waals surface area contributed by atoms with E-state index in [9.17, 15) is 23.7 Å². The van der Waals surface area contributed by atoms with Gasteiger partial charge in [0.1, 0.15) is 6.61 Å². The number of amides is 2. The van der Waals surface area contributed by atoms with Crippen molar-refractivity contribution in [2.45, 2.75) is 66.0 Å². The van der Waals surface area contributed by atoms with Gasteiger partial charge in [0, 0.05) is 28.4 Å². The van der Waals surface area contributed by atoms with E-state index in [4.69, 9.17) is 18.5 Å². The minimum absolute atomic E-state index is 0. The van der Waals surface area contributed by atoms with E-state index < -0.39 is 55.4 Å². The van der Waals surface area contributed by atoms with Crippen molar-refractivity contribution in [3.63, 3.8) is 0 Å². The fourth-order valence-electron chi connectivity index (χ4n) is 2.24. The summed E-state index contributed by atoms with van der Waals surface area (Å²) >= 11 is 0. The first-order valence-corrected chi connectivity index (χ1v) is 12.4. The topological polar surface area (TPSA) is 156 Å². The first kappa shape index (κ1) is 30.8. The fraction of sp³-hybridized carbons (Fsp3) is 0.800. The van der Waals surface area contributed by atoms with Crippen molar-refractivity contribution < 1.29 is 49.9 Å². The highest BCUT2D eigenvalue weighted by Gasteiger charge is 2.39. The number of alkyl carbamates (subject to hydrolysis) is 1. The summed E-state index contributed by atoms with van der Waals surface area (Å²) in [5, 5.41) is 5.03. The third-order valence-electron chi connectivity index (χ3n) is 4.57. The van der Waals surface area contributed by atoms with E-state index in [1.807, 2.05) is 6.92 Å². The second-order valence-corrected chi connectivity index (χ2v) is 10.7. The Morgan fingerprint density at radius 3 is 2.21 bits per heavy atom. The number of hydrogen-bond donors (Lipinski definition) is 2. The zero-order chi connectivity index (χ0) is 25.9. The van der Waals surface area contributed by atoms with Gasteiger partial charge in [0.2, 0.25) is 12.7 Å². The van der Waals surface area contributed by atoms with E-state index in [0.29, 0.717) is 6.42 Å². The summed E-state index contributed by atoms with van der Waals surface area (Å²) in [6.07, 6.45) is -1.57. The summed E-state index contributed by atoms with van der Waals surface area (Å²) in [5.41, 5.74) is -1.63. The summed E-state index contributed by atoms with van der Waals surface area (Å²) in [7, 11) is -2.59. The van der Waals surface area contributed by atoms with Crippen LogP contribution in [0, 0.1) is 5.41 Å². The molecule has 0 aliphatic carbocycles. The van der Waals surface area contributed by atoms with Crippen molar-refractivity contribution in [3.8, 4) is 0 Å². The Morgan fingerprint density at radius 2 is 1.70 bits per heavy atom. The number of esters is 2. The Kier molecular flexibility index (Phi) is 12.6. The largest absolute Gasteiger partial charge is 0.469 e. The Hall–Kier alpha value is -2.17. The molecule has 12 nitrogen and oxygen atoms in total. The normalized spacial score (nSPS) is 14.4. The molecule has 2 amide bonds. The van der Waals surface area contributed by atoms with Crippen LogP contribution in [0.4, 0.5) is 4.79 Å². The number of carbonyl (C=O) groups is 4. The minimum atomic E-state index is -3.83. The summed E-state index contributed by atoms with van der Waals surface area (Å²) in [6.45, 7) is 10.2. The molecular formula is C20H41N2O10P. The molecule has 0 saturated heterocycles. The first-order chi connectivity index (χ1) is 15.0. The van der Waals surface area contributed by atoms with Crippen LogP contribution in [-0.4, -0.2) is 69.3 Å². The number of methoxy groups -OCH3 is 1. The molecule has 2 N–H and O–H groups in total. The summed E-state index contributed by atoms with van der Waals surface area (Å²) in [6, 6.07) is 0. The average Bonchev–Trinajstić information content (AvgIpc) is 2.69. The van der Waals surface area contributed by atoms with Crippen LogP contribution in [-0.2, 0) is 42.2 Å².